The number of alkyl halides is 1. The van der Waals surface area contributed by atoms with Crippen LogP contribution >= 0.6 is 0 Å². The van der Waals surface area contributed by atoms with Crippen LogP contribution in [0.1, 0.15) is 95.6 Å². The molecule has 1 aliphatic carbocycles. The Labute approximate surface area is 221 Å². The second-order valence-electron chi connectivity index (χ2n) is 10.6. The van der Waals surface area contributed by atoms with Crippen molar-refractivity contribution >= 4 is 5.97 Å². The van der Waals surface area contributed by atoms with Crippen LogP contribution in [0.2, 0.25) is 0 Å². The second-order valence-corrected chi connectivity index (χ2v) is 10.6. The molecule has 1 fully saturated rings. The molecule has 0 heterocycles. The topological polar surface area (TPSA) is 70.3 Å². The van der Waals surface area contributed by atoms with Gasteiger partial charge in [-0.15, -0.1) is 0 Å². The van der Waals surface area contributed by atoms with E-state index in [-0.39, 0.29) is 18.3 Å². The predicted molar refractivity (Wildman–Crippen MR) is 146 cm³/mol. The van der Waals surface area contributed by atoms with Gasteiger partial charge in [-0.25, -0.2) is 9.18 Å². The van der Waals surface area contributed by atoms with E-state index in [1.165, 1.54) is 0 Å². The van der Waals surface area contributed by atoms with Crippen LogP contribution in [0.4, 0.5) is 4.39 Å². The lowest BCUT2D eigenvalue weighted by molar-refractivity contribution is -0.158. The summed E-state index contributed by atoms with van der Waals surface area (Å²) in [6.45, 7) is 4.79. The van der Waals surface area contributed by atoms with Crippen molar-refractivity contribution in [3.05, 3.63) is 53.6 Å². The molecule has 0 aromatic heterocycles. The van der Waals surface area contributed by atoms with Gasteiger partial charge in [0.2, 0.25) is 5.67 Å². The van der Waals surface area contributed by atoms with Gasteiger partial charge in [0.15, 0.2) is 0 Å². The maximum Gasteiger partial charge on any atom is 0.341 e. The number of halogens is 1. The molecule has 200 valence electrons. The molecule has 1 unspecified atom stereocenters. The van der Waals surface area contributed by atoms with E-state index < -0.39 is 11.6 Å². The van der Waals surface area contributed by atoms with Crippen LogP contribution < -0.4 is 4.74 Å². The van der Waals surface area contributed by atoms with E-state index in [4.69, 9.17) is 4.74 Å². The van der Waals surface area contributed by atoms with Crippen LogP contribution in [0, 0.1) is 23.2 Å². The first-order valence-electron chi connectivity index (χ1n) is 14.1. The second kappa shape index (κ2) is 14.2. The van der Waals surface area contributed by atoms with E-state index in [0.717, 1.165) is 74.5 Å². The molecule has 0 radical (unpaired) electrons. The molecule has 1 saturated carbocycles. The van der Waals surface area contributed by atoms with Gasteiger partial charge in [0.1, 0.15) is 11.8 Å². The molecule has 2 aromatic rings. The molecular weight excluding hydrogens is 465 g/mol. The predicted octanol–water partition coefficient (Wildman–Crippen LogP) is 8.52. The number of unbranched alkanes of at least 4 members (excludes halogenated alkanes) is 2. The normalized spacial score (nSPS) is 16.5. The van der Waals surface area contributed by atoms with Crippen molar-refractivity contribution in [2.45, 2.75) is 96.6 Å². The van der Waals surface area contributed by atoms with Gasteiger partial charge in [0, 0.05) is 5.92 Å². The van der Waals surface area contributed by atoms with E-state index >= 15 is 4.39 Å². The Morgan fingerprint density at radius 1 is 1.11 bits per heavy atom. The van der Waals surface area contributed by atoms with Gasteiger partial charge in [0.05, 0.1) is 12.2 Å². The molecule has 0 spiro atoms. The van der Waals surface area contributed by atoms with Crippen LogP contribution in [0.3, 0.4) is 0 Å². The summed E-state index contributed by atoms with van der Waals surface area (Å²) in [4.78, 5) is 12.0. The Hall–Kier alpha value is -2.87. The van der Waals surface area contributed by atoms with E-state index in [9.17, 15) is 15.2 Å². The monoisotopic (exact) mass is 507 g/mol. The first-order valence-corrected chi connectivity index (χ1v) is 14.1. The van der Waals surface area contributed by atoms with Crippen molar-refractivity contribution in [2.24, 2.45) is 11.8 Å². The van der Waals surface area contributed by atoms with Gasteiger partial charge in [-0.05, 0) is 73.3 Å². The molecule has 5 heteroatoms. The summed E-state index contributed by atoms with van der Waals surface area (Å²) < 4.78 is 21.6. The zero-order chi connectivity index (χ0) is 26.7. The summed E-state index contributed by atoms with van der Waals surface area (Å²) in [6.07, 6.45) is 9.94. The highest BCUT2D eigenvalue weighted by Gasteiger charge is 2.47. The summed E-state index contributed by atoms with van der Waals surface area (Å²) >= 11 is 0. The summed E-state index contributed by atoms with van der Waals surface area (Å²) in [6, 6.07) is 16.2. The van der Waals surface area contributed by atoms with Crippen LogP contribution in [0.5, 0.6) is 5.75 Å². The number of benzene rings is 2. The number of hydrogen-bond donors (Lipinski definition) is 1. The summed E-state index contributed by atoms with van der Waals surface area (Å²) in [7, 11) is 0. The number of carboxylic acids is 1. The smallest absolute Gasteiger partial charge is 0.341 e. The van der Waals surface area contributed by atoms with Crippen LogP contribution in [-0.4, -0.2) is 23.4 Å². The summed E-state index contributed by atoms with van der Waals surface area (Å²) in [5.74, 6) is -0.983. The number of ether oxygens (including phenoxy) is 1. The van der Waals surface area contributed by atoms with E-state index in [0.29, 0.717) is 30.8 Å². The van der Waals surface area contributed by atoms with Gasteiger partial charge >= 0.3 is 5.97 Å². The largest absolute Gasteiger partial charge is 0.492 e. The molecule has 0 aliphatic heterocycles. The van der Waals surface area contributed by atoms with Crippen molar-refractivity contribution in [1.82, 2.24) is 0 Å². The molecule has 0 amide bonds. The first-order chi connectivity index (χ1) is 17.9. The summed E-state index contributed by atoms with van der Waals surface area (Å²) in [5, 5.41) is 19.4. The minimum atomic E-state index is -2.12. The molecule has 1 aliphatic rings. The zero-order valence-corrected chi connectivity index (χ0v) is 22.5. The van der Waals surface area contributed by atoms with Crippen LogP contribution in [-0.2, 0) is 11.2 Å². The molecule has 0 saturated heterocycles. The molecule has 2 atom stereocenters. The lowest BCUT2D eigenvalue weighted by Gasteiger charge is -2.35. The van der Waals surface area contributed by atoms with E-state index in [1.54, 1.807) is 0 Å². The van der Waals surface area contributed by atoms with E-state index in [2.05, 4.69) is 25.1 Å². The van der Waals surface area contributed by atoms with Crippen molar-refractivity contribution in [1.29, 1.82) is 5.26 Å². The number of carbonyl (C=O) groups is 1. The third-order valence-electron chi connectivity index (χ3n) is 8.00. The number of nitriles is 1. The fourth-order valence-corrected chi connectivity index (χ4v) is 5.55. The fourth-order valence-electron chi connectivity index (χ4n) is 5.55. The molecular formula is C32H42FNO3. The standard InChI is InChI=1S/C32H42FNO3/c1-3-5-9-20-37-30-19-18-27(21-28(30)23-34)26-16-14-25(15-17-26)13-12-24(4-2)22-32(33,31(35)36)29-10-7-6-8-11-29/h14-19,21,24,29H,3-13,20,22H2,1-2H3,(H,35,36)/t24?,32-/m0/s1. The highest BCUT2D eigenvalue weighted by molar-refractivity contribution is 5.77. The van der Waals surface area contributed by atoms with Crippen LogP contribution in [0.25, 0.3) is 11.1 Å². The third-order valence-corrected chi connectivity index (χ3v) is 8.00. The third kappa shape index (κ3) is 7.81. The molecule has 1 N–H and O–H groups in total. The number of nitrogens with zero attached hydrogens (tertiary/aromatic N) is 1. The van der Waals surface area contributed by atoms with Crippen molar-refractivity contribution in [3.63, 3.8) is 0 Å². The lowest BCUT2D eigenvalue weighted by Crippen LogP contribution is -2.44. The molecule has 3 rings (SSSR count). The Morgan fingerprint density at radius 2 is 1.81 bits per heavy atom. The Morgan fingerprint density at radius 3 is 2.43 bits per heavy atom. The van der Waals surface area contributed by atoms with Gasteiger partial charge in [-0.2, -0.15) is 5.26 Å². The Bertz CT molecular complexity index is 1040. The lowest BCUT2D eigenvalue weighted by atomic mass is 9.73. The van der Waals surface area contributed by atoms with Crippen LogP contribution in [0.15, 0.2) is 42.5 Å². The van der Waals surface area contributed by atoms with Crippen molar-refractivity contribution < 1.29 is 19.0 Å². The van der Waals surface area contributed by atoms with Gasteiger partial charge < -0.3 is 9.84 Å². The minimum Gasteiger partial charge on any atom is -0.492 e. The number of aryl methyl sites for hydroxylation is 1. The maximum absolute atomic E-state index is 15.8. The van der Waals surface area contributed by atoms with E-state index in [1.807, 2.05) is 37.3 Å². The van der Waals surface area contributed by atoms with Crippen molar-refractivity contribution in [3.8, 4) is 22.9 Å². The Kier molecular flexibility index (Phi) is 11.0. The average Bonchev–Trinajstić information content (AvgIpc) is 2.94. The van der Waals surface area contributed by atoms with Gasteiger partial charge in [0.25, 0.3) is 0 Å². The number of aliphatic carboxylic acids is 1. The SMILES string of the molecule is CCCCCOc1ccc(-c2ccc(CCC(CC)C[C@@](F)(C(=O)O)C3CCCCC3)cc2)cc1C#N. The molecule has 0 bridgehead atoms. The highest BCUT2D eigenvalue weighted by Crippen LogP contribution is 2.41. The molecule has 4 nitrogen and oxygen atoms in total. The van der Waals surface area contributed by atoms with Gasteiger partial charge in [-0.1, -0.05) is 82.7 Å². The quantitative estimate of drug-likeness (QED) is 0.260. The average molecular weight is 508 g/mol. The zero-order valence-electron chi connectivity index (χ0n) is 22.5. The fraction of sp³-hybridized carbons (Fsp3) is 0.562. The number of hydrogen-bond acceptors (Lipinski definition) is 3. The molecule has 37 heavy (non-hydrogen) atoms. The van der Waals surface area contributed by atoms with Gasteiger partial charge in [-0.3, -0.25) is 0 Å². The van der Waals surface area contributed by atoms with Crippen molar-refractivity contribution in [2.75, 3.05) is 6.61 Å². The Balaban J connectivity index is 1.61. The molecule has 2 aromatic carbocycles. The number of carboxylic acid groups (broad SMARTS) is 1. The first kappa shape index (κ1) is 28.7. The maximum atomic E-state index is 15.8. The number of rotatable bonds is 14. The highest BCUT2D eigenvalue weighted by atomic mass is 19.1. The summed E-state index contributed by atoms with van der Waals surface area (Å²) in [5.41, 5.74) is 1.56. The minimum absolute atomic E-state index is 0.0331.